The minimum absolute atomic E-state index is 0.180. The molecule has 1 aromatic carbocycles. The van der Waals surface area contributed by atoms with Crippen LogP contribution in [0, 0.1) is 0 Å². The van der Waals surface area contributed by atoms with E-state index in [9.17, 15) is 4.79 Å². The van der Waals surface area contributed by atoms with E-state index in [0.717, 1.165) is 16.6 Å². The standard InChI is InChI=1S/C18H14BrN3O/c19-16-10-15(11-21-12-16)18(23)22-17-3-1-13(2-4-17)9-14-5-7-20-8-6-14/h1-8,10-12H,9H2,(H,22,23). The van der Waals surface area contributed by atoms with Gasteiger partial charge in [-0.2, -0.15) is 0 Å². The van der Waals surface area contributed by atoms with Crippen molar-refractivity contribution in [2.24, 2.45) is 0 Å². The fourth-order valence-electron chi connectivity index (χ4n) is 2.18. The van der Waals surface area contributed by atoms with E-state index in [1.807, 2.05) is 36.4 Å². The number of aromatic nitrogens is 2. The van der Waals surface area contributed by atoms with Gasteiger partial charge in [-0.15, -0.1) is 0 Å². The van der Waals surface area contributed by atoms with E-state index in [-0.39, 0.29) is 5.91 Å². The summed E-state index contributed by atoms with van der Waals surface area (Å²) >= 11 is 3.31. The molecule has 3 aromatic rings. The Labute approximate surface area is 142 Å². The summed E-state index contributed by atoms with van der Waals surface area (Å²) in [5.74, 6) is -0.180. The number of nitrogens with zero attached hydrogens (tertiary/aromatic N) is 2. The number of rotatable bonds is 4. The zero-order valence-corrected chi connectivity index (χ0v) is 13.8. The number of anilines is 1. The molecule has 5 heteroatoms. The second-order valence-electron chi connectivity index (χ2n) is 5.08. The summed E-state index contributed by atoms with van der Waals surface area (Å²) in [5, 5.41) is 2.87. The molecular weight excluding hydrogens is 354 g/mol. The molecule has 0 saturated heterocycles. The molecule has 0 bridgehead atoms. The number of halogens is 1. The van der Waals surface area contributed by atoms with Gasteiger partial charge in [0.25, 0.3) is 5.91 Å². The molecule has 4 nitrogen and oxygen atoms in total. The van der Waals surface area contributed by atoms with E-state index in [2.05, 4.69) is 31.2 Å². The van der Waals surface area contributed by atoms with E-state index < -0.39 is 0 Å². The molecule has 2 aromatic heterocycles. The molecule has 0 spiro atoms. The monoisotopic (exact) mass is 367 g/mol. The molecule has 114 valence electrons. The SMILES string of the molecule is O=C(Nc1ccc(Cc2ccncc2)cc1)c1cncc(Br)c1. The van der Waals surface area contributed by atoms with Crippen molar-refractivity contribution in [3.63, 3.8) is 0 Å². The van der Waals surface area contributed by atoms with Crippen LogP contribution in [0.25, 0.3) is 0 Å². The average Bonchev–Trinajstić information content (AvgIpc) is 2.57. The number of pyridine rings is 2. The van der Waals surface area contributed by atoms with Crippen LogP contribution < -0.4 is 5.32 Å². The van der Waals surface area contributed by atoms with Crippen LogP contribution in [0.5, 0.6) is 0 Å². The van der Waals surface area contributed by atoms with Gasteiger partial charge in [0.2, 0.25) is 0 Å². The normalized spacial score (nSPS) is 10.3. The maximum Gasteiger partial charge on any atom is 0.257 e. The fourth-order valence-corrected chi connectivity index (χ4v) is 2.55. The maximum atomic E-state index is 12.2. The Bertz CT molecular complexity index is 804. The largest absolute Gasteiger partial charge is 0.322 e. The van der Waals surface area contributed by atoms with Crippen LogP contribution >= 0.6 is 15.9 Å². The minimum Gasteiger partial charge on any atom is -0.322 e. The Morgan fingerprint density at radius 1 is 0.957 bits per heavy atom. The van der Waals surface area contributed by atoms with Gasteiger partial charge in [-0.1, -0.05) is 12.1 Å². The quantitative estimate of drug-likeness (QED) is 0.755. The highest BCUT2D eigenvalue weighted by molar-refractivity contribution is 9.10. The molecule has 0 aliphatic rings. The van der Waals surface area contributed by atoms with Gasteiger partial charge in [-0.3, -0.25) is 14.8 Å². The molecule has 0 fully saturated rings. The van der Waals surface area contributed by atoms with Crippen LogP contribution in [0.3, 0.4) is 0 Å². The second kappa shape index (κ2) is 7.15. The number of hydrogen-bond donors (Lipinski definition) is 1. The van der Waals surface area contributed by atoms with Crippen LogP contribution in [0.4, 0.5) is 5.69 Å². The first-order valence-corrected chi connectivity index (χ1v) is 7.90. The number of carbonyl (C=O) groups excluding carboxylic acids is 1. The van der Waals surface area contributed by atoms with Crippen LogP contribution in [-0.4, -0.2) is 15.9 Å². The van der Waals surface area contributed by atoms with Crippen LogP contribution in [0.15, 0.2) is 71.7 Å². The molecule has 0 saturated carbocycles. The lowest BCUT2D eigenvalue weighted by molar-refractivity contribution is 0.102. The van der Waals surface area contributed by atoms with Gasteiger partial charge in [0, 0.05) is 34.9 Å². The van der Waals surface area contributed by atoms with E-state index in [4.69, 9.17) is 0 Å². The summed E-state index contributed by atoms with van der Waals surface area (Å²) in [5.41, 5.74) is 3.66. The van der Waals surface area contributed by atoms with E-state index in [1.54, 1.807) is 24.7 Å². The molecule has 1 N–H and O–H groups in total. The number of benzene rings is 1. The van der Waals surface area contributed by atoms with Gasteiger partial charge in [-0.25, -0.2) is 0 Å². The van der Waals surface area contributed by atoms with Crippen molar-refractivity contribution in [2.75, 3.05) is 5.32 Å². The lowest BCUT2D eigenvalue weighted by Crippen LogP contribution is -2.12. The molecule has 0 unspecified atom stereocenters. The third kappa shape index (κ3) is 4.23. The third-order valence-corrected chi connectivity index (χ3v) is 3.77. The molecule has 0 atom stereocenters. The molecule has 0 aliphatic carbocycles. The predicted molar refractivity (Wildman–Crippen MR) is 93.4 cm³/mol. The van der Waals surface area contributed by atoms with Gasteiger partial charge in [0.05, 0.1) is 5.56 Å². The maximum absolute atomic E-state index is 12.2. The van der Waals surface area contributed by atoms with Gasteiger partial charge < -0.3 is 5.32 Å². The third-order valence-electron chi connectivity index (χ3n) is 3.34. The van der Waals surface area contributed by atoms with Gasteiger partial charge in [0.1, 0.15) is 0 Å². The number of carbonyl (C=O) groups is 1. The number of hydrogen-bond acceptors (Lipinski definition) is 3. The highest BCUT2D eigenvalue weighted by Gasteiger charge is 2.07. The highest BCUT2D eigenvalue weighted by atomic mass is 79.9. The Hall–Kier alpha value is -2.53. The highest BCUT2D eigenvalue weighted by Crippen LogP contribution is 2.15. The van der Waals surface area contributed by atoms with Crippen molar-refractivity contribution in [1.29, 1.82) is 0 Å². The average molecular weight is 368 g/mol. The van der Waals surface area contributed by atoms with Gasteiger partial charge in [0.15, 0.2) is 0 Å². The Kier molecular flexibility index (Phi) is 4.78. The molecule has 2 heterocycles. The van der Waals surface area contributed by atoms with Crippen LogP contribution in [0.2, 0.25) is 0 Å². The van der Waals surface area contributed by atoms with Crippen molar-refractivity contribution >= 4 is 27.5 Å². The Morgan fingerprint density at radius 3 is 2.35 bits per heavy atom. The van der Waals surface area contributed by atoms with Crippen molar-refractivity contribution in [3.05, 3.63) is 88.4 Å². The lowest BCUT2D eigenvalue weighted by atomic mass is 10.1. The first-order chi connectivity index (χ1) is 11.2. The van der Waals surface area contributed by atoms with E-state index in [1.165, 1.54) is 17.3 Å². The van der Waals surface area contributed by atoms with Crippen molar-refractivity contribution < 1.29 is 4.79 Å². The Morgan fingerprint density at radius 2 is 1.65 bits per heavy atom. The first-order valence-electron chi connectivity index (χ1n) is 7.10. The van der Waals surface area contributed by atoms with E-state index in [0.29, 0.717) is 5.56 Å². The first kappa shape index (κ1) is 15.4. The summed E-state index contributed by atoms with van der Waals surface area (Å²) < 4.78 is 0.776. The summed E-state index contributed by atoms with van der Waals surface area (Å²) in [4.78, 5) is 20.2. The topological polar surface area (TPSA) is 54.9 Å². The fraction of sp³-hybridized carbons (Fsp3) is 0.0556. The van der Waals surface area contributed by atoms with Crippen molar-refractivity contribution in [3.8, 4) is 0 Å². The van der Waals surface area contributed by atoms with Crippen LogP contribution in [0.1, 0.15) is 21.5 Å². The summed E-state index contributed by atoms with van der Waals surface area (Å²) in [6, 6.07) is 13.6. The lowest BCUT2D eigenvalue weighted by Gasteiger charge is -2.07. The zero-order chi connectivity index (χ0) is 16.1. The predicted octanol–water partition coefficient (Wildman–Crippen LogP) is 4.08. The van der Waals surface area contributed by atoms with Crippen molar-refractivity contribution in [1.82, 2.24) is 9.97 Å². The molecule has 23 heavy (non-hydrogen) atoms. The van der Waals surface area contributed by atoms with Gasteiger partial charge >= 0.3 is 0 Å². The second-order valence-corrected chi connectivity index (χ2v) is 5.99. The number of amides is 1. The van der Waals surface area contributed by atoms with Crippen molar-refractivity contribution in [2.45, 2.75) is 6.42 Å². The molecule has 0 radical (unpaired) electrons. The Balaban J connectivity index is 1.67. The summed E-state index contributed by atoms with van der Waals surface area (Å²) in [6.45, 7) is 0. The molecular formula is C18H14BrN3O. The summed E-state index contributed by atoms with van der Waals surface area (Å²) in [7, 11) is 0. The van der Waals surface area contributed by atoms with E-state index >= 15 is 0 Å². The molecule has 3 rings (SSSR count). The van der Waals surface area contributed by atoms with Crippen LogP contribution in [-0.2, 0) is 6.42 Å². The minimum atomic E-state index is -0.180. The number of nitrogens with one attached hydrogen (secondary N) is 1. The smallest absolute Gasteiger partial charge is 0.257 e. The zero-order valence-electron chi connectivity index (χ0n) is 12.2. The summed E-state index contributed by atoms with van der Waals surface area (Å²) in [6.07, 6.45) is 7.60. The molecule has 0 aliphatic heterocycles. The molecule has 1 amide bonds. The van der Waals surface area contributed by atoms with Gasteiger partial charge in [-0.05, 0) is 63.8 Å².